The van der Waals surface area contributed by atoms with Crippen molar-refractivity contribution in [3.05, 3.63) is 0 Å². The quantitative estimate of drug-likeness (QED) is 0.609. The number of carbonyl (C=O) groups is 3. The molecule has 1 saturated heterocycles. The molecular formula is C17H31N3O4. The number of aliphatic carboxylic acids is 1. The topological polar surface area (TPSA) is 113 Å². The number of nitrogens with one attached hydrogen (secondary N) is 1. The van der Waals surface area contributed by atoms with E-state index in [4.69, 9.17) is 5.73 Å². The van der Waals surface area contributed by atoms with Crippen molar-refractivity contribution < 1.29 is 19.5 Å². The Morgan fingerprint density at radius 1 is 1.29 bits per heavy atom. The molecular weight excluding hydrogens is 310 g/mol. The van der Waals surface area contributed by atoms with Crippen molar-refractivity contribution in [1.29, 1.82) is 0 Å². The van der Waals surface area contributed by atoms with Crippen LogP contribution in [0.5, 0.6) is 0 Å². The Balaban J connectivity index is 2.87. The Morgan fingerprint density at radius 2 is 1.92 bits per heavy atom. The highest BCUT2D eigenvalue weighted by Gasteiger charge is 2.39. The third-order valence-electron chi connectivity index (χ3n) is 4.66. The van der Waals surface area contributed by atoms with E-state index < -0.39 is 24.1 Å². The van der Waals surface area contributed by atoms with E-state index in [1.165, 1.54) is 4.90 Å². The van der Waals surface area contributed by atoms with Crippen LogP contribution in [0.25, 0.3) is 0 Å². The second kappa shape index (κ2) is 9.01. The van der Waals surface area contributed by atoms with Crippen LogP contribution < -0.4 is 11.1 Å². The van der Waals surface area contributed by atoms with Gasteiger partial charge in [-0.15, -0.1) is 0 Å². The maximum absolute atomic E-state index is 12.8. The number of nitrogens with two attached hydrogens (primary N) is 1. The lowest BCUT2D eigenvalue weighted by molar-refractivity contribution is -0.150. The van der Waals surface area contributed by atoms with Gasteiger partial charge in [-0.05, 0) is 31.1 Å². The number of amides is 2. The van der Waals surface area contributed by atoms with Crippen LogP contribution in [-0.2, 0) is 14.4 Å². The molecule has 1 fully saturated rings. The van der Waals surface area contributed by atoms with Gasteiger partial charge >= 0.3 is 5.97 Å². The first kappa shape index (κ1) is 20.4. The third-order valence-corrected chi connectivity index (χ3v) is 4.66. The van der Waals surface area contributed by atoms with Gasteiger partial charge in [0, 0.05) is 6.54 Å². The molecule has 0 aromatic carbocycles. The summed E-state index contributed by atoms with van der Waals surface area (Å²) in [6.07, 6.45) is 2.35. The van der Waals surface area contributed by atoms with Crippen molar-refractivity contribution in [2.24, 2.45) is 17.6 Å². The summed E-state index contributed by atoms with van der Waals surface area (Å²) in [5.41, 5.74) is 5.91. The molecule has 7 heteroatoms. The SMILES string of the molecule is CCC(C)C(NC(=O)C(N)CC(C)C)C(=O)N1CCCC1C(=O)O. The van der Waals surface area contributed by atoms with E-state index in [1.807, 2.05) is 27.7 Å². The lowest BCUT2D eigenvalue weighted by atomic mass is 9.96. The highest BCUT2D eigenvalue weighted by molar-refractivity contribution is 5.92. The minimum Gasteiger partial charge on any atom is -0.480 e. The van der Waals surface area contributed by atoms with Crippen LogP contribution in [0.2, 0.25) is 0 Å². The van der Waals surface area contributed by atoms with E-state index in [1.54, 1.807) is 0 Å². The van der Waals surface area contributed by atoms with E-state index in [0.717, 1.165) is 0 Å². The normalized spacial score (nSPS) is 21.4. The number of nitrogens with zero attached hydrogens (tertiary/aromatic N) is 1. The van der Waals surface area contributed by atoms with Gasteiger partial charge < -0.3 is 21.1 Å². The largest absolute Gasteiger partial charge is 0.480 e. The molecule has 4 atom stereocenters. The second-order valence-corrected chi connectivity index (χ2v) is 7.14. The fourth-order valence-electron chi connectivity index (χ4n) is 3.02. The van der Waals surface area contributed by atoms with E-state index >= 15 is 0 Å². The standard InChI is InChI=1S/C17H31N3O4/c1-5-11(4)14(19-15(21)12(18)9-10(2)3)16(22)20-8-6-7-13(20)17(23)24/h10-14H,5-9,18H2,1-4H3,(H,19,21)(H,23,24). The number of hydrogen-bond donors (Lipinski definition) is 3. The molecule has 7 nitrogen and oxygen atoms in total. The molecule has 0 spiro atoms. The summed E-state index contributed by atoms with van der Waals surface area (Å²) in [5, 5.41) is 12.0. The molecule has 24 heavy (non-hydrogen) atoms. The number of carbonyl (C=O) groups excluding carboxylic acids is 2. The Bertz CT molecular complexity index is 467. The van der Waals surface area contributed by atoms with Crippen molar-refractivity contribution in [3.8, 4) is 0 Å². The zero-order chi connectivity index (χ0) is 18.4. The maximum Gasteiger partial charge on any atom is 0.326 e. The average Bonchev–Trinajstić information content (AvgIpc) is 3.00. The van der Waals surface area contributed by atoms with Crippen LogP contribution in [0.1, 0.15) is 53.4 Å². The number of carboxylic acid groups (broad SMARTS) is 1. The minimum absolute atomic E-state index is 0.0947. The fraction of sp³-hybridized carbons (Fsp3) is 0.824. The van der Waals surface area contributed by atoms with E-state index in [-0.39, 0.29) is 23.7 Å². The molecule has 0 aliphatic carbocycles. The maximum atomic E-state index is 12.8. The van der Waals surface area contributed by atoms with E-state index in [2.05, 4.69) is 5.32 Å². The zero-order valence-electron chi connectivity index (χ0n) is 15.1. The first-order valence-corrected chi connectivity index (χ1v) is 8.78. The van der Waals surface area contributed by atoms with Gasteiger partial charge in [0.15, 0.2) is 0 Å². The predicted octanol–water partition coefficient (Wildman–Crippen LogP) is 0.966. The summed E-state index contributed by atoms with van der Waals surface area (Å²) < 4.78 is 0. The number of likely N-dealkylation sites (tertiary alicyclic amines) is 1. The fourth-order valence-corrected chi connectivity index (χ4v) is 3.02. The van der Waals surface area contributed by atoms with Crippen molar-refractivity contribution in [1.82, 2.24) is 10.2 Å². The molecule has 138 valence electrons. The average molecular weight is 341 g/mol. The van der Waals surface area contributed by atoms with Gasteiger partial charge in [0.1, 0.15) is 12.1 Å². The van der Waals surface area contributed by atoms with Gasteiger partial charge in [0.2, 0.25) is 11.8 Å². The van der Waals surface area contributed by atoms with Gasteiger partial charge in [-0.1, -0.05) is 34.1 Å². The summed E-state index contributed by atoms with van der Waals surface area (Å²) in [5.74, 6) is -1.49. The monoisotopic (exact) mass is 341 g/mol. The highest BCUT2D eigenvalue weighted by atomic mass is 16.4. The first-order valence-electron chi connectivity index (χ1n) is 8.78. The van der Waals surface area contributed by atoms with Gasteiger partial charge in [-0.3, -0.25) is 9.59 Å². The zero-order valence-corrected chi connectivity index (χ0v) is 15.1. The molecule has 4 N–H and O–H groups in total. The summed E-state index contributed by atoms with van der Waals surface area (Å²) in [7, 11) is 0. The number of rotatable bonds is 8. The van der Waals surface area contributed by atoms with Crippen LogP contribution in [0.15, 0.2) is 0 Å². The summed E-state index contributed by atoms with van der Waals surface area (Å²) in [6.45, 7) is 8.18. The summed E-state index contributed by atoms with van der Waals surface area (Å²) in [4.78, 5) is 37.9. The van der Waals surface area contributed by atoms with Crippen molar-refractivity contribution in [3.63, 3.8) is 0 Å². The van der Waals surface area contributed by atoms with Gasteiger partial charge in [-0.25, -0.2) is 4.79 Å². The number of hydrogen-bond acceptors (Lipinski definition) is 4. The molecule has 1 rings (SSSR count). The first-order chi connectivity index (χ1) is 11.2. The molecule has 1 aliphatic rings. The Labute approximate surface area is 144 Å². The molecule has 1 heterocycles. The number of carboxylic acids is 1. The summed E-state index contributed by atoms with van der Waals surface area (Å²) in [6, 6.07) is -2.20. The van der Waals surface area contributed by atoms with E-state index in [0.29, 0.717) is 32.2 Å². The van der Waals surface area contributed by atoms with Crippen LogP contribution >= 0.6 is 0 Å². The van der Waals surface area contributed by atoms with Crippen LogP contribution in [0, 0.1) is 11.8 Å². The molecule has 1 aliphatic heterocycles. The van der Waals surface area contributed by atoms with Crippen molar-refractivity contribution >= 4 is 17.8 Å². The predicted molar refractivity (Wildman–Crippen MR) is 91.2 cm³/mol. The van der Waals surface area contributed by atoms with Gasteiger partial charge in [0.25, 0.3) is 0 Å². The molecule has 0 saturated carbocycles. The molecule has 2 amide bonds. The Morgan fingerprint density at radius 3 is 2.42 bits per heavy atom. The molecule has 0 radical (unpaired) electrons. The van der Waals surface area contributed by atoms with Crippen molar-refractivity contribution in [2.45, 2.75) is 71.5 Å². The lowest BCUT2D eigenvalue weighted by Gasteiger charge is -2.31. The lowest BCUT2D eigenvalue weighted by Crippen LogP contribution is -2.56. The van der Waals surface area contributed by atoms with Crippen molar-refractivity contribution in [2.75, 3.05) is 6.54 Å². The smallest absolute Gasteiger partial charge is 0.326 e. The Kier molecular flexibility index (Phi) is 7.66. The molecule has 0 aromatic rings. The van der Waals surface area contributed by atoms with Crippen LogP contribution in [-0.4, -0.2) is 52.5 Å². The van der Waals surface area contributed by atoms with Crippen LogP contribution in [0.4, 0.5) is 0 Å². The van der Waals surface area contributed by atoms with Gasteiger partial charge in [0.05, 0.1) is 6.04 Å². The minimum atomic E-state index is -0.994. The molecule has 0 bridgehead atoms. The molecule has 4 unspecified atom stereocenters. The highest BCUT2D eigenvalue weighted by Crippen LogP contribution is 2.21. The Hall–Kier alpha value is -1.63. The summed E-state index contributed by atoms with van der Waals surface area (Å²) >= 11 is 0. The second-order valence-electron chi connectivity index (χ2n) is 7.14. The van der Waals surface area contributed by atoms with E-state index in [9.17, 15) is 19.5 Å². The third kappa shape index (κ3) is 5.19. The van der Waals surface area contributed by atoms with Gasteiger partial charge in [-0.2, -0.15) is 0 Å². The van der Waals surface area contributed by atoms with Crippen LogP contribution in [0.3, 0.4) is 0 Å². The molecule has 0 aromatic heterocycles.